The minimum Gasteiger partial charge on any atom is -0.481 e. The largest absolute Gasteiger partial charge is 0.481 e. The molecule has 0 spiro atoms. The Hall–Kier alpha value is -1.85. The van der Waals surface area contributed by atoms with Gasteiger partial charge >= 0.3 is 5.97 Å². The number of likely N-dealkylation sites (tertiary alicyclic amines) is 1. The zero-order valence-corrected chi connectivity index (χ0v) is 11.3. The van der Waals surface area contributed by atoms with Crippen LogP contribution in [0, 0.1) is 17.8 Å². The van der Waals surface area contributed by atoms with E-state index in [1.54, 1.807) is 4.90 Å². The summed E-state index contributed by atoms with van der Waals surface area (Å²) in [5, 5.41) is 9.20. The number of nitrogens with zero attached hydrogens (tertiary/aromatic N) is 1. The predicted octanol–water partition coefficient (Wildman–Crippen LogP) is 0.377. The topological polar surface area (TPSA) is 101 Å². The molecule has 20 heavy (non-hydrogen) atoms. The maximum atomic E-state index is 12.5. The van der Waals surface area contributed by atoms with Crippen LogP contribution in [0.15, 0.2) is 12.2 Å². The van der Waals surface area contributed by atoms with Gasteiger partial charge in [-0.05, 0) is 25.7 Å². The number of amides is 2. The van der Waals surface area contributed by atoms with E-state index in [1.807, 2.05) is 12.2 Å². The van der Waals surface area contributed by atoms with E-state index in [2.05, 4.69) is 0 Å². The molecule has 0 aromatic heterocycles. The van der Waals surface area contributed by atoms with E-state index >= 15 is 0 Å². The number of rotatable bonds is 3. The molecule has 2 aliphatic rings. The van der Waals surface area contributed by atoms with Crippen LogP contribution in [0.25, 0.3) is 0 Å². The Morgan fingerprint density at radius 2 is 1.60 bits per heavy atom. The van der Waals surface area contributed by atoms with Gasteiger partial charge in [0.05, 0.1) is 11.8 Å². The number of nitrogens with two attached hydrogens (primary N) is 1. The quantitative estimate of drug-likeness (QED) is 0.730. The summed E-state index contributed by atoms with van der Waals surface area (Å²) in [5.74, 6) is -2.63. The fourth-order valence-corrected chi connectivity index (χ4v) is 2.98. The molecular formula is C14H20N2O4. The molecule has 2 atom stereocenters. The summed E-state index contributed by atoms with van der Waals surface area (Å²) in [4.78, 5) is 36.5. The first-order chi connectivity index (χ1) is 9.50. The van der Waals surface area contributed by atoms with Crippen molar-refractivity contribution < 1.29 is 19.5 Å². The number of hydrogen-bond donors (Lipinski definition) is 2. The first-order valence-electron chi connectivity index (χ1n) is 6.96. The Morgan fingerprint density at radius 3 is 2.10 bits per heavy atom. The van der Waals surface area contributed by atoms with Crippen LogP contribution in [0.5, 0.6) is 0 Å². The Morgan fingerprint density at radius 1 is 1.05 bits per heavy atom. The molecule has 6 heteroatoms. The number of primary amides is 1. The van der Waals surface area contributed by atoms with E-state index < -0.39 is 17.8 Å². The molecule has 1 aliphatic heterocycles. The van der Waals surface area contributed by atoms with Gasteiger partial charge < -0.3 is 15.7 Å². The molecule has 0 aromatic rings. The van der Waals surface area contributed by atoms with Gasteiger partial charge in [0.1, 0.15) is 0 Å². The van der Waals surface area contributed by atoms with Crippen LogP contribution >= 0.6 is 0 Å². The summed E-state index contributed by atoms with van der Waals surface area (Å²) in [6.45, 7) is 0.970. The predicted molar refractivity (Wildman–Crippen MR) is 71.5 cm³/mol. The Labute approximate surface area is 117 Å². The minimum absolute atomic E-state index is 0.107. The third kappa shape index (κ3) is 3.00. The smallest absolute Gasteiger partial charge is 0.307 e. The first-order valence-corrected chi connectivity index (χ1v) is 6.96. The lowest BCUT2D eigenvalue weighted by Gasteiger charge is -2.35. The molecule has 0 radical (unpaired) electrons. The summed E-state index contributed by atoms with van der Waals surface area (Å²) < 4.78 is 0. The standard InChI is InChI=1S/C14H20N2O4/c15-12(17)9-5-7-16(8-6-9)13(18)10-3-1-2-4-11(10)14(19)20/h1-2,9-11H,3-8H2,(H2,15,17)(H,19,20)/t10-,11+/m0/s1. The highest BCUT2D eigenvalue weighted by atomic mass is 16.4. The number of carbonyl (C=O) groups is 3. The lowest BCUT2D eigenvalue weighted by molar-refractivity contribution is -0.151. The summed E-state index contributed by atoms with van der Waals surface area (Å²) in [7, 11) is 0. The van der Waals surface area contributed by atoms with Crippen molar-refractivity contribution in [3.63, 3.8) is 0 Å². The van der Waals surface area contributed by atoms with Gasteiger partial charge in [-0.2, -0.15) is 0 Å². The number of carbonyl (C=O) groups excluding carboxylic acids is 2. The van der Waals surface area contributed by atoms with Crippen molar-refractivity contribution in [1.29, 1.82) is 0 Å². The van der Waals surface area contributed by atoms with Gasteiger partial charge in [0.25, 0.3) is 0 Å². The average molecular weight is 280 g/mol. The van der Waals surface area contributed by atoms with Crippen LogP contribution in [0.4, 0.5) is 0 Å². The van der Waals surface area contributed by atoms with Gasteiger partial charge in [-0.15, -0.1) is 0 Å². The lowest BCUT2D eigenvalue weighted by atomic mass is 9.81. The fourth-order valence-electron chi connectivity index (χ4n) is 2.98. The van der Waals surface area contributed by atoms with E-state index in [0.29, 0.717) is 38.8 Å². The molecule has 1 fully saturated rings. The summed E-state index contributed by atoms with van der Waals surface area (Å²) in [6, 6.07) is 0. The highest BCUT2D eigenvalue weighted by Crippen LogP contribution is 2.29. The summed E-state index contributed by atoms with van der Waals surface area (Å²) in [5.41, 5.74) is 5.26. The van der Waals surface area contributed by atoms with E-state index in [1.165, 1.54) is 0 Å². The first kappa shape index (κ1) is 14.6. The number of hydrogen-bond acceptors (Lipinski definition) is 3. The normalized spacial score (nSPS) is 27.3. The Kier molecular flexibility index (Phi) is 4.42. The van der Waals surface area contributed by atoms with Crippen molar-refractivity contribution in [3.05, 3.63) is 12.2 Å². The Bertz CT molecular complexity index is 438. The van der Waals surface area contributed by atoms with Gasteiger partial charge in [-0.1, -0.05) is 12.2 Å². The minimum atomic E-state index is -0.917. The average Bonchev–Trinajstić information content (AvgIpc) is 2.46. The van der Waals surface area contributed by atoms with Crippen LogP contribution in [0.1, 0.15) is 25.7 Å². The number of carboxylic acids is 1. The van der Waals surface area contributed by atoms with Crippen LogP contribution in [-0.4, -0.2) is 40.9 Å². The maximum Gasteiger partial charge on any atom is 0.307 e. The molecule has 1 saturated heterocycles. The number of piperidine rings is 1. The molecule has 1 heterocycles. The van der Waals surface area contributed by atoms with Crippen LogP contribution < -0.4 is 5.73 Å². The van der Waals surface area contributed by atoms with Crippen molar-refractivity contribution in [1.82, 2.24) is 4.90 Å². The van der Waals surface area contributed by atoms with Crippen molar-refractivity contribution in [2.45, 2.75) is 25.7 Å². The van der Waals surface area contributed by atoms with Crippen molar-refractivity contribution in [3.8, 4) is 0 Å². The number of carboxylic acid groups (broad SMARTS) is 1. The highest BCUT2D eigenvalue weighted by Gasteiger charge is 2.37. The van der Waals surface area contributed by atoms with Crippen molar-refractivity contribution in [2.24, 2.45) is 23.5 Å². The Balaban J connectivity index is 1.99. The van der Waals surface area contributed by atoms with E-state index in [4.69, 9.17) is 5.73 Å². The van der Waals surface area contributed by atoms with E-state index in [-0.39, 0.29) is 17.7 Å². The van der Waals surface area contributed by atoms with Crippen LogP contribution in [0.2, 0.25) is 0 Å². The SMILES string of the molecule is NC(=O)C1CCN(C(=O)[C@H]2CC=CC[C@H]2C(=O)O)CC1. The number of aliphatic carboxylic acids is 1. The van der Waals surface area contributed by atoms with Gasteiger partial charge in [0, 0.05) is 19.0 Å². The van der Waals surface area contributed by atoms with Gasteiger partial charge in [0.2, 0.25) is 11.8 Å². The molecule has 2 rings (SSSR count). The summed E-state index contributed by atoms with van der Waals surface area (Å²) in [6.07, 6.45) is 5.72. The van der Waals surface area contributed by atoms with Gasteiger partial charge in [0.15, 0.2) is 0 Å². The second-order valence-corrected chi connectivity index (χ2v) is 5.50. The van der Waals surface area contributed by atoms with E-state index in [0.717, 1.165) is 0 Å². The third-order valence-corrected chi connectivity index (χ3v) is 4.28. The van der Waals surface area contributed by atoms with Gasteiger partial charge in [-0.3, -0.25) is 14.4 Å². The van der Waals surface area contributed by atoms with Crippen molar-refractivity contribution >= 4 is 17.8 Å². The molecule has 1 aliphatic carbocycles. The third-order valence-electron chi connectivity index (χ3n) is 4.28. The molecule has 110 valence electrons. The van der Waals surface area contributed by atoms with E-state index in [9.17, 15) is 19.5 Å². The van der Waals surface area contributed by atoms with Crippen molar-refractivity contribution in [2.75, 3.05) is 13.1 Å². The second kappa shape index (κ2) is 6.07. The molecule has 0 aromatic carbocycles. The van der Waals surface area contributed by atoms with Gasteiger partial charge in [-0.25, -0.2) is 0 Å². The molecule has 3 N–H and O–H groups in total. The maximum absolute atomic E-state index is 12.5. The highest BCUT2D eigenvalue weighted by molar-refractivity contribution is 5.85. The fraction of sp³-hybridized carbons (Fsp3) is 0.643. The molecule has 2 amide bonds. The molecular weight excluding hydrogens is 260 g/mol. The molecule has 6 nitrogen and oxygen atoms in total. The van der Waals surface area contributed by atoms with Crippen LogP contribution in [-0.2, 0) is 14.4 Å². The molecule has 0 unspecified atom stereocenters. The monoisotopic (exact) mass is 280 g/mol. The summed E-state index contributed by atoms with van der Waals surface area (Å²) >= 11 is 0. The zero-order chi connectivity index (χ0) is 14.7. The molecule has 0 saturated carbocycles. The van der Waals surface area contributed by atoms with Crippen LogP contribution in [0.3, 0.4) is 0 Å². The second-order valence-electron chi connectivity index (χ2n) is 5.50. The molecule has 0 bridgehead atoms. The number of allylic oxidation sites excluding steroid dienone is 2. The zero-order valence-electron chi connectivity index (χ0n) is 11.3. The lowest BCUT2D eigenvalue weighted by Crippen LogP contribution is -2.46.